The van der Waals surface area contributed by atoms with Crippen molar-refractivity contribution in [3.8, 4) is 0 Å². The van der Waals surface area contributed by atoms with E-state index in [-0.39, 0.29) is 12.5 Å². The number of halogens is 1. The molecule has 94 valence electrons. The summed E-state index contributed by atoms with van der Waals surface area (Å²) >= 11 is 5.74. The molecule has 0 aliphatic heterocycles. The molecule has 0 bridgehead atoms. The fraction of sp³-hybridized carbons (Fsp3) is 0.154. The molecule has 0 radical (unpaired) electrons. The first-order valence-corrected chi connectivity index (χ1v) is 5.83. The van der Waals surface area contributed by atoms with E-state index in [2.05, 4.69) is 10.3 Å². The number of nitrogens with one attached hydrogen (secondary N) is 2. The van der Waals surface area contributed by atoms with Crippen LogP contribution in [0.4, 0.5) is 5.69 Å². The van der Waals surface area contributed by atoms with Crippen molar-refractivity contribution in [3.05, 3.63) is 52.3 Å². The van der Waals surface area contributed by atoms with E-state index in [1.165, 1.54) is 0 Å². The van der Waals surface area contributed by atoms with Crippen LogP contribution in [0.3, 0.4) is 0 Å². The van der Waals surface area contributed by atoms with Crippen LogP contribution in [0.2, 0.25) is 5.02 Å². The van der Waals surface area contributed by atoms with Gasteiger partial charge in [0, 0.05) is 11.9 Å². The Morgan fingerprint density at radius 2 is 2.22 bits per heavy atom. The molecule has 0 fully saturated rings. The second kappa shape index (κ2) is 5.25. The number of H-pyrrole nitrogens is 1. The van der Waals surface area contributed by atoms with E-state index < -0.39 is 0 Å². The predicted molar refractivity (Wildman–Crippen MR) is 70.9 cm³/mol. The fourth-order valence-electron chi connectivity index (χ4n) is 1.59. The lowest BCUT2D eigenvalue weighted by molar-refractivity contribution is 0.102. The molecule has 0 saturated carbocycles. The monoisotopic (exact) mass is 264 g/mol. The number of aryl methyl sites for hydroxylation is 1. The molecule has 0 atom stereocenters. The van der Waals surface area contributed by atoms with Crippen molar-refractivity contribution < 1.29 is 9.90 Å². The molecule has 0 aliphatic carbocycles. The minimum atomic E-state index is -0.264. The van der Waals surface area contributed by atoms with Crippen LogP contribution in [0.5, 0.6) is 0 Å². The Labute approximate surface area is 110 Å². The Morgan fingerprint density at radius 3 is 2.83 bits per heavy atom. The summed E-state index contributed by atoms with van der Waals surface area (Å²) in [4.78, 5) is 14.7. The Bertz CT molecular complexity index is 578. The van der Waals surface area contributed by atoms with E-state index in [9.17, 15) is 4.79 Å². The SMILES string of the molecule is Cc1ccc(CO)cc1NC(=O)c1cc(Cl)c[nH]1. The van der Waals surface area contributed by atoms with Crippen LogP contribution in [0.15, 0.2) is 30.5 Å². The van der Waals surface area contributed by atoms with Crippen molar-refractivity contribution in [2.75, 3.05) is 5.32 Å². The van der Waals surface area contributed by atoms with Crippen LogP contribution >= 0.6 is 11.6 Å². The Kier molecular flexibility index (Phi) is 3.69. The lowest BCUT2D eigenvalue weighted by atomic mass is 10.1. The molecule has 1 aromatic heterocycles. The average molecular weight is 265 g/mol. The second-order valence-corrected chi connectivity index (χ2v) is 4.43. The number of aliphatic hydroxyl groups excluding tert-OH is 1. The van der Waals surface area contributed by atoms with Gasteiger partial charge in [-0.1, -0.05) is 23.7 Å². The van der Waals surface area contributed by atoms with Gasteiger partial charge in [0.2, 0.25) is 0 Å². The number of carbonyl (C=O) groups excluding carboxylic acids is 1. The topological polar surface area (TPSA) is 65.1 Å². The normalized spacial score (nSPS) is 10.4. The van der Waals surface area contributed by atoms with Crippen molar-refractivity contribution in [1.29, 1.82) is 0 Å². The highest BCUT2D eigenvalue weighted by molar-refractivity contribution is 6.31. The first kappa shape index (κ1) is 12.7. The van der Waals surface area contributed by atoms with E-state index in [0.29, 0.717) is 16.4 Å². The van der Waals surface area contributed by atoms with Crippen LogP contribution in [-0.4, -0.2) is 16.0 Å². The standard InChI is InChI=1S/C13H13ClN2O2/c1-8-2-3-9(7-17)4-11(8)16-13(18)12-5-10(14)6-15-12/h2-6,15,17H,7H2,1H3,(H,16,18). The summed E-state index contributed by atoms with van der Waals surface area (Å²) in [6.45, 7) is 1.83. The van der Waals surface area contributed by atoms with Crippen molar-refractivity contribution in [1.82, 2.24) is 4.98 Å². The molecular formula is C13H13ClN2O2. The minimum absolute atomic E-state index is 0.0581. The highest BCUT2D eigenvalue weighted by Gasteiger charge is 2.10. The first-order chi connectivity index (χ1) is 8.60. The number of aliphatic hydroxyl groups is 1. The maximum atomic E-state index is 11.9. The zero-order valence-corrected chi connectivity index (χ0v) is 10.6. The average Bonchev–Trinajstić information content (AvgIpc) is 2.79. The van der Waals surface area contributed by atoms with Crippen LogP contribution in [0, 0.1) is 6.92 Å². The molecular weight excluding hydrogens is 252 g/mol. The molecule has 0 spiro atoms. The number of benzene rings is 1. The summed E-state index contributed by atoms with van der Waals surface area (Å²) in [5.74, 6) is -0.264. The summed E-state index contributed by atoms with van der Waals surface area (Å²) in [5.41, 5.74) is 2.75. The smallest absolute Gasteiger partial charge is 0.272 e. The fourth-order valence-corrected chi connectivity index (χ4v) is 1.75. The van der Waals surface area contributed by atoms with Crippen LogP contribution in [0.25, 0.3) is 0 Å². The molecule has 3 N–H and O–H groups in total. The molecule has 2 rings (SSSR count). The molecule has 4 nitrogen and oxygen atoms in total. The van der Waals surface area contributed by atoms with Gasteiger partial charge in [0.25, 0.3) is 5.91 Å². The Hall–Kier alpha value is -1.78. The lowest BCUT2D eigenvalue weighted by Crippen LogP contribution is -2.13. The third-order valence-corrected chi connectivity index (χ3v) is 2.84. The van der Waals surface area contributed by atoms with Gasteiger partial charge in [0.05, 0.1) is 11.6 Å². The summed E-state index contributed by atoms with van der Waals surface area (Å²) in [5, 5.41) is 12.3. The van der Waals surface area contributed by atoms with Crippen molar-refractivity contribution in [2.24, 2.45) is 0 Å². The number of carbonyl (C=O) groups is 1. The first-order valence-electron chi connectivity index (χ1n) is 5.46. The highest BCUT2D eigenvalue weighted by Crippen LogP contribution is 2.18. The van der Waals surface area contributed by atoms with Gasteiger partial charge in [0.15, 0.2) is 0 Å². The number of amides is 1. The number of anilines is 1. The maximum absolute atomic E-state index is 11.9. The number of rotatable bonds is 3. The van der Waals surface area contributed by atoms with Gasteiger partial charge in [-0.05, 0) is 30.2 Å². The summed E-state index contributed by atoms with van der Waals surface area (Å²) in [6, 6.07) is 6.97. The third kappa shape index (κ3) is 2.72. The molecule has 18 heavy (non-hydrogen) atoms. The Morgan fingerprint density at radius 1 is 1.44 bits per heavy atom. The van der Waals surface area contributed by atoms with Gasteiger partial charge in [-0.3, -0.25) is 4.79 Å². The third-order valence-electron chi connectivity index (χ3n) is 2.63. The number of aromatic nitrogens is 1. The molecule has 5 heteroatoms. The van der Waals surface area contributed by atoms with E-state index in [0.717, 1.165) is 11.1 Å². The van der Waals surface area contributed by atoms with Crippen molar-refractivity contribution >= 4 is 23.2 Å². The largest absolute Gasteiger partial charge is 0.392 e. The lowest BCUT2D eigenvalue weighted by Gasteiger charge is -2.09. The second-order valence-electron chi connectivity index (χ2n) is 3.99. The molecule has 0 aliphatic rings. The van der Waals surface area contributed by atoms with Crippen LogP contribution < -0.4 is 5.32 Å². The molecule has 2 aromatic rings. The van der Waals surface area contributed by atoms with E-state index in [1.807, 2.05) is 19.1 Å². The zero-order valence-electron chi connectivity index (χ0n) is 9.83. The number of hydrogen-bond donors (Lipinski definition) is 3. The predicted octanol–water partition coefficient (Wildman–Crippen LogP) is 2.72. The maximum Gasteiger partial charge on any atom is 0.272 e. The molecule has 1 amide bonds. The van der Waals surface area contributed by atoms with E-state index in [1.54, 1.807) is 18.3 Å². The highest BCUT2D eigenvalue weighted by atomic mass is 35.5. The summed E-state index contributed by atoms with van der Waals surface area (Å²) < 4.78 is 0. The molecule has 1 aromatic carbocycles. The Balaban J connectivity index is 2.21. The van der Waals surface area contributed by atoms with E-state index >= 15 is 0 Å². The van der Waals surface area contributed by atoms with Crippen molar-refractivity contribution in [2.45, 2.75) is 13.5 Å². The van der Waals surface area contributed by atoms with Gasteiger partial charge in [-0.25, -0.2) is 0 Å². The molecule has 0 saturated heterocycles. The van der Waals surface area contributed by atoms with Crippen LogP contribution in [-0.2, 0) is 6.61 Å². The van der Waals surface area contributed by atoms with Crippen LogP contribution in [0.1, 0.15) is 21.6 Å². The molecule has 1 heterocycles. The van der Waals surface area contributed by atoms with Gasteiger partial charge >= 0.3 is 0 Å². The van der Waals surface area contributed by atoms with Gasteiger partial charge in [-0.2, -0.15) is 0 Å². The minimum Gasteiger partial charge on any atom is -0.392 e. The molecule has 0 unspecified atom stereocenters. The van der Waals surface area contributed by atoms with Gasteiger partial charge in [-0.15, -0.1) is 0 Å². The summed E-state index contributed by atoms with van der Waals surface area (Å²) in [7, 11) is 0. The van der Waals surface area contributed by atoms with Gasteiger partial charge in [0.1, 0.15) is 5.69 Å². The quantitative estimate of drug-likeness (QED) is 0.798. The van der Waals surface area contributed by atoms with Crippen molar-refractivity contribution in [3.63, 3.8) is 0 Å². The zero-order chi connectivity index (χ0) is 13.1. The van der Waals surface area contributed by atoms with E-state index in [4.69, 9.17) is 16.7 Å². The number of aromatic amines is 1. The van der Waals surface area contributed by atoms with Gasteiger partial charge < -0.3 is 15.4 Å². The summed E-state index contributed by atoms with van der Waals surface area (Å²) in [6.07, 6.45) is 1.55. The number of hydrogen-bond acceptors (Lipinski definition) is 2.